The Bertz CT molecular complexity index is 1310. The second-order valence-corrected chi connectivity index (χ2v) is 8.07. The van der Waals surface area contributed by atoms with Gasteiger partial charge in [-0.25, -0.2) is 14.6 Å². The molecule has 0 bridgehead atoms. The van der Waals surface area contributed by atoms with Gasteiger partial charge < -0.3 is 34.3 Å². The summed E-state index contributed by atoms with van der Waals surface area (Å²) in [6, 6.07) is 5.28. The molecule has 1 aliphatic heterocycles. The van der Waals surface area contributed by atoms with Crippen molar-refractivity contribution >= 4 is 23.7 Å². The van der Waals surface area contributed by atoms with Crippen LogP contribution in [0.3, 0.4) is 0 Å². The zero-order valence-electron chi connectivity index (χ0n) is 19.9. The van der Waals surface area contributed by atoms with E-state index >= 15 is 0 Å². The minimum absolute atomic E-state index is 0.0000171. The van der Waals surface area contributed by atoms with Crippen molar-refractivity contribution in [2.45, 2.75) is 26.1 Å². The molecule has 200 valence electrons. The van der Waals surface area contributed by atoms with E-state index in [1.54, 1.807) is 4.90 Å². The molecule has 1 aliphatic rings. The van der Waals surface area contributed by atoms with Crippen LogP contribution in [0.15, 0.2) is 42.9 Å². The Balaban J connectivity index is 1.53. The normalized spacial score (nSPS) is 13.5. The first-order chi connectivity index (χ1) is 18.2. The molecule has 1 N–H and O–H groups in total. The number of carbonyl (C=O) groups is 3. The number of carboxylic acid groups (broad SMARTS) is 1. The number of amides is 2. The summed E-state index contributed by atoms with van der Waals surface area (Å²) in [5, 5.41) is 17.0. The highest BCUT2D eigenvalue weighted by Crippen LogP contribution is 2.28. The van der Waals surface area contributed by atoms with E-state index in [9.17, 15) is 28.3 Å². The van der Waals surface area contributed by atoms with Crippen LogP contribution in [0.2, 0.25) is 0 Å². The molecule has 0 spiro atoms. The van der Waals surface area contributed by atoms with Crippen LogP contribution in [-0.4, -0.2) is 75.0 Å². The van der Waals surface area contributed by atoms with Crippen LogP contribution in [0.5, 0.6) is 17.4 Å². The number of hydrogen-bond donors (Lipinski definition) is 1. The number of ether oxygens (including phenoxy) is 3. The second-order valence-electron chi connectivity index (χ2n) is 8.07. The van der Waals surface area contributed by atoms with Crippen molar-refractivity contribution in [3.63, 3.8) is 0 Å². The van der Waals surface area contributed by atoms with Crippen LogP contribution in [0.25, 0.3) is 0 Å². The summed E-state index contributed by atoms with van der Waals surface area (Å²) in [6.45, 7) is -0.605. The molecule has 4 rings (SSSR count). The number of aromatic nitrogens is 4. The maximum Gasteiger partial charge on any atom is 0.345 e. The predicted octanol–water partition coefficient (Wildman–Crippen LogP) is 1.76. The fraction of sp³-hybridized carbons (Fsp3) is 0.304. The zero-order valence-corrected chi connectivity index (χ0v) is 19.9. The lowest BCUT2D eigenvalue weighted by atomic mass is 10.2. The van der Waals surface area contributed by atoms with Gasteiger partial charge in [0.15, 0.2) is 11.9 Å². The molecule has 1 saturated heterocycles. The van der Waals surface area contributed by atoms with Gasteiger partial charge >= 0.3 is 6.61 Å². The molecule has 38 heavy (non-hydrogen) atoms. The topological polar surface area (TPSA) is 161 Å². The number of rotatable bonds is 10. The Kier molecular flexibility index (Phi) is 8.06. The summed E-state index contributed by atoms with van der Waals surface area (Å²) < 4.78 is 40.8. The Morgan fingerprint density at radius 1 is 1.13 bits per heavy atom. The third kappa shape index (κ3) is 6.76. The van der Waals surface area contributed by atoms with E-state index < -0.39 is 31.3 Å². The number of alkyl halides is 2. The van der Waals surface area contributed by atoms with Crippen LogP contribution < -0.4 is 19.9 Å². The standard InChI is InChI=1S/C23H22F2N6O7/c1-13(12-36-22(24)25)37-15-7-14(20(32)28-18-3-6-31(29-18)23(34)35)8-16(9-15)38-19-11-26-17(10-27-19)21(33)30-4-2-5-30/h3,6-11,13,22H,2,4-5,12H2,1H3,(H,34,35)(H,28,29,32)/p-1/t13-/m0/s1. The van der Waals surface area contributed by atoms with Crippen molar-refractivity contribution in [2.75, 3.05) is 25.0 Å². The molecular formula is C23H21F2N6O7-. The van der Waals surface area contributed by atoms with Crippen molar-refractivity contribution in [2.24, 2.45) is 0 Å². The molecule has 0 unspecified atom stereocenters. The second kappa shape index (κ2) is 11.6. The highest BCUT2D eigenvalue weighted by atomic mass is 19.3. The summed E-state index contributed by atoms with van der Waals surface area (Å²) in [7, 11) is 0. The lowest BCUT2D eigenvalue weighted by molar-refractivity contribution is -0.251. The molecule has 3 aromatic rings. The zero-order chi connectivity index (χ0) is 27.2. The first-order valence-corrected chi connectivity index (χ1v) is 11.3. The van der Waals surface area contributed by atoms with Gasteiger partial charge in [0.25, 0.3) is 11.8 Å². The van der Waals surface area contributed by atoms with Crippen LogP contribution in [0.1, 0.15) is 34.2 Å². The molecule has 2 aromatic heterocycles. The van der Waals surface area contributed by atoms with Crippen LogP contribution >= 0.6 is 0 Å². The van der Waals surface area contributed by atoms with Gasteiger partial charge in [0.05, 0.1) is 19.0 Å². The van der Waals surface area contributed by atoms with Gasteiger partial charge in [-0.1, -0.05) is 0 Å². The number of likely N-dealkylation sites (tertiary alicyclic amines) is 1. The van der Waals surface area contributed by atoms with E-state index in [-0.39, 0.29) is 40.4 Å². The van der Waals surface area contributed by atoms with E-state index in [2.05, 4.69) is 25.1 Å². The molecule has 3 heterocycles. The fourth-order valence-electron chi connectivity index (χ4n) is 3.27. The van der Waals surface area contributed by atoms with Crippen LogP contribution in [0.4, 0.5) is 19.4 Å². The Labute approximate surface area is 213 Å². The summed E-state index contributed by atoms with van der Waals surface area (Å²) in [4.78, 5) is 45.8. The van der Waals surface area contributed by atoms with E-state index in [0.717, 1.165) is 12.6 Å². The molecule has 1 aromatic carbocycles. The third-order valence-corrected chi connectivity index (χ3v) is 5.17. The van der Waals surface area contributed by atoms with Crippen LogP contribution in [0, 0.1) is 0 Å². The fourth-order valence-corrected chi connectivity index (χ4v) is 3.27. The first-order valence-electron chi connectivity index (χ1n) is 11.3. The van der Waals surface area contributed by atoms with Crippen molar-refractivity contribution < 1.29 is 42.5 Å². The third-order valence-electron chi connectivity index (χ3n) is 5.17. The van der Waals surface area contributed by atoms with Crippen molar-refractivity contribution in [1.29, 1.82) is 0 Å². The molecule has 15 heteroatoms. The first kappa shape index (κ1) is 26.4. The van der Waals surface area contributed by atoms with Crippen molar-refractivity contribution in [3.05, 3.63) is 54.1 Å². The summed E-state index contributed by atoms with van der Waals surface area (Å²) in [5.41, 5.74) is 0.151. The summed E-state index contributed by atoms with van der Waals surface area (Å²) in [5.74, 6) is -0.856. The van der Waals surface area contributed by atoms with Gasteiger partial charge in [0, 0.05) is 37.0 Å². The number of halogens is 2. The van der Waals surface area contributed by atoms with Gasteiger partial charge in [-0.2, -0.15) is 8.78 Å². The molecule has 1 fully saturated rings. The minimum Gasteiger partial charge on any atom is -0.528 e. The molecule has 1 atom stereocenters. The molecule has 2 amide bonds. The average Bonchev–Trinajstić information content (AvgIpc) is 3.31. The molecule has 13 nitrogen and oxygen atoms in total. The smallest absolute Gasteiger partial charge is 0.345 e. The van der Waals surface area contributed by atoms with Gasteiger partial charge in [0.1, 0.15) is 23.3 Å². The molecule has 0 saturated carbocycles. The minimum atomic E-state index is -2.98. The summed E-state index contributed by atoms with van der Waals surface area (Å²) >= 11 is 0. The van der Waals surface area contributed by atoms with E-state index in [4.69, 9.17) is 9.47 Å². The highest BCUT2D eigenvalue weighted by molar-refractivity contribution is 6.04. The van der Waals surface area contributed by atoms with Gasteiger partial charge in [-0.3, -0.25) is 9.59 Å². The lowest BCUT2D eigenvalue weighted by Crippen LogP contribution is -2.42. The lowest BCUT2D eigenvalue weighted by Gasteiger charge is -2.30. The van der Waals surface area contributed by atoms with Crippen molar-refractivity contribution in [1.82, 2.24) is 24.6 Å². The number of hydrogen-bond acceptors (Lipinski definition) is 10. The predicted molar refractivity (Wildman–Crippen MR) is 122 cm³/mol. The number of nitrogens with one attached hydrogen (secondary N) is 1. The quantitative estimate of drug-likeness (QED) is 0.408. The van der Waals surface area contributed by atoms with Gasteiger partial charge in [-0.15, -0.1) is 5.10 Å². The van der Waals surface area contributed by atoms with Crippen LogP contribution in [-0.2, 0) is 4.74 Å². The summed E-state index contributed by atoms with van der Waals surface area (Å²) in [6.07, 6.45) is 2.11. The SMILES string of the molecule is C[C@@H](COC(F)F)Oc1cc(Oc2cnc(C(=O)N3CCC3)cn2)cc(C(=O)Nc2ccn(C(=O)[O-])n2)c1. The number of nitrogens with zero attached hydrogens (tertiary/aromatic N) is 5. The Morgan fingerprint density at radius 3 is 2.50 bits per heavy atom. The molecule has 0 aliphatic carbocycles. The monoisotopic (exact) mass is 531 g/mol. The molecular weight excluding hydrogens is 510 g/mol. The van der Waals surface area contributed by atoms with Crippen molar-refractivity contribution in [3.8, 4) is 17.4 Å². The number of carbonyl (C=O) groups excluding carboxylic acids is 3. The van der Waals surface area contributed by atoms with Gasteiger partial charge in [0.2, 0.25) is 5.88 Å². The maximum atomic E-state index is 12.8. The largest absolute Gasteiger partial charge is 0.528 e. The van der Waals surface area contributed by atoms with E-state index in [1.807, 2.05) is 0 Å². The highest BCUT2D eigenvalue weighted by Gasteiger charge is 2.23. The van der Waals surface area contributed by atoms with E-state index in [0.29, 0.717) is 17.8 Å². The Hall–Kier alpha value is -4.66. The van der Waals surface area contributed by atoms with Gasteiger partial charge in [-0.05, 0) is 25.5 Å². The molecule has 0 radical (unpaired) electrons. The van der Waals surface area contributed by atoms with E-state index in [1.165, 1.54) is 43.6 Å². The maximum absolute atomic E-state index is 12.8. The number of benzene rings is 1. The Morgan fingerprint density at radius 2 is 1.89 bits per heavy atom. The number of anilines is 1. The average molecular weight is 531 g/mol.